The number of carbonyl (C=O) groups excluding carboxylic acids is 4. The average molecular weight is 1300 g/mol. The lowest BCUT2D eigenvalue weighted by Crippen LogP contribution is -2.80. The Bertz CT molecular complexity index is 2950. The van der Waals surface area contributed by atoms with Crippen LogP contribution in [-0.2, 0) is 44.5 Å². The van der Waals surface area contributed by atoms with Gasteiger partial charge in [0.15, 0.2) is 18.9 Å². The van der Waals surface area contributed by atoms with E-state index in [9.17, 15) is 91.3 Å². The number of carbonyl (C=O) groups is 4. The Morgan fingerprint density at radius 3 is 1.87 bits per heavy atom. The summed E-state index contributed by atoms with van der Waals surface area (Å²) in [4.78, 5) is 68.8. The van der Waals surface area contributed by atoms with Crippen LogP contribution in [0.1, 0.15) is 24.0 Å². The summed E-state index contributed by atoms with van der Waals surface area (Å²) in [6, 6.07) is 1.04. The molecule has 0 aliphatic carbocycles. The molecule has 0 saturated carbocycles. The molecule has 0 unspecified atom stereocenters. The van der Waals surface area contributed by atoms with Crippen LogP contribution in [0.15, 0.2) is 59.6 Å². The first-order valence-electron chi connectivity index (χ1n) is 29.0. The fourth-order valence-corrected chi connectivity index (χ4v) is 11.3. The lowest BCUT2D eigenvalue weighted by Gasteiger charge is -2.45. The second kappa shape index (κ2) is 30.5. The lowest BCUT2D eigenvalue weighted by atomic mass is 9.92. The van der Waals surface area contributed by atoms with Gasteiger partial charge in [-0.15, -0.1) is 0 Å². The summed E-state index contributed by atoms with van der Waals surface area (Å²) in [5.74, 6) is -8.54. The Hall–Kier alpha value is -7.12. The Labute approximate surface area is 516 Å². The molecule has 0 spiro atoms. The molecule has 37 nitrogen and oxygen atoms in total. The quantitative estimate of drug-likeness (QED) is 0.0654. The van der Waals surface area contributed by atoms with Crippen LogP contribution in [-0.4, -0.2) is 321 Å². The van der Waals surface area contributed by atoms with Crippen molar-refractivity contribution in [2.24, 2.45) is 16.5 Å². The number of nitrogens with zero attached hydrogens (tertiary/aromatic N) is 2. The summed E-state index contributed by atoms with van der Waals surface area (Å²) in [6.07, 6.45) is -31.4. The number of hydrogen-bond acceptors (Lipinski definition) is 29. The van der Waals surface area contributed by atoms with Gasteiger partial charge in [0, 0.05) is 18.2 Å². The number of benzene rings is 2. The number of ether oxygens (including phenoxy) is 5. The third-order valence-electron chi connectivity index (χ3n) is 16.6. The van der Waals surface area contributed by atoms with Gasteiger partial charge in [-0.3, -0.25) is 51.3 Å². The van der Waals surface area contributed by atoms with Crippen molar-refractivity contribution in [2.75, 3.05) is 46.1 Å². The fourth-order valence-electron chi connectivity index (χ4n) is 11.3. The third-order valence-corrected chi connectivity index (χ3v) is 16.6. The summed E-state index contributed by atoms with van der Waals surface area (Å²) in [6.45, 7) is -3.62. The zero-order chi connectivity index (χ0) is 66.3. The molecule has 4 amide bonds. The molecule has 37 heteroatoms. The Balaban J connectivity index is 1.12. The van der Waals surface area contributed by atoms with Crippen molar-refractivity contribution in [1.29, 1.82) is 0 Å². The van der Waals surface area contributed by atoms with Gasteiger partial charge in [0.2, 0.25) is 36.1 Å². The van der Waals surface area contributed by atoms with Crippen LogP contribution in [0, 0.1) is 0 Å². The topological polar surface area (TPSA) is 608 Å². The predicted molar refractivity (Wildman–Crippen MR) is 301 cm³/mol. The third kappa shape index (κ3) is 15.7. The highest BCUT2D eigenvalue weighted by Crippen LogP contribution is 2.32. The van der Waals surface area contributed by atoms with Gasteiger partial charge in [0.05, 0.1) is 33.0 Å². The zero-order valence-electron chi connectivity index (χ0n) is 48.6. The molecule has 8 rings (SSSR count). The molecule has 0 radical (unpaired) electrons. The SMILES string of the molecule is C[C@@H](c1ccccc1)[C@@H]1N=C([O-])C[NH+]=C(O)[C@H](CO)NC(=O)[C@@H]([C@H](O)[C@@H]2CNC(N)=[N+]2[C@H]2O[C@H](CO)[C@@H](O)[C@H](O)[C@@H]2O)NC(=O)[C@H]([C@H](O)[C@@H]2C[NH+]=C(N)N2)NC(=O)[C@@H](Cc2ccc(O[C@H]3O[C@H](CO)[C@@H](O[C@H]4O[C@H](CO)[C@@H](O)[C@H](O)[C@@H]4O)[C@H](O)[C@@H]3O)cc2)NC1=O. The molecule has 3 fully saturated rings. The number of aliphatic hydroxyl groups excluding tert-OH is 15. The molecular weight excluding hydrogens is 1220 g/mol. The molecule has 91 heavy (non-hydrogen) atoms. The van der Waals surface area contributed by atoms with E-state index in [4.69, 9.17) is 35.2 Å². The highest BCUT2D eigenvalue weighted by atomic mass is 16.7. The van der Waals surface area contributed by atoms with Crippen LogP contribution >= 0.6 is 0 Å². The first-order valence-corrected chi connectivity index (χ1v) is 29.0. The minimum absolute atomic E-state index is 0.0703. The number of amides is 4. The van der Waals surface area contributed by atoms with Gasteiger partial charge in [0.25, 0.3) is 0 Å². The van der Waals surface area contributed by atoms with E-state index in [1.807, 2.05) is 0 Å². The van der Waals surface area contributed by atoms with E-state index in [0.29, 0.717) is 5.56 Å². The monoisotopic (exact) mass is 1300 g/mol. The summed E-state index contributed by atoms with van der Waals surface area (Å²) >= 11 is 0. The summed E-state index contributed by atoms with van der Waals surface area (Å²) in [7, 11) is 0. The summed E-state index contributed by atoms with van der Waals surface area (Å²) in [5.41, 5.74) is 12.9. The van der Waals surface area contributed by atoms with Crippen LogP contribution in [0.2, 0.25) is 0 Å². The number of hydrogen-bond donors (Lipinski definition) is 25. The highest BCUT2D eigenvalue weighted by molar-refractivity contribution is 5.97. The minimum Gasteiger partial charge on any atom is -0.858 e. The Morgan fingerprint density at radius 2 is 1.24 bits per heavy atom. The molecule has 3 saturated heterocycles. The van der Waals surface area contributed by atoms with Crippen molar-refractivity contribution in [3.05, 3.63) is 65.7 Å². The second-order valence-electron chi connectivity index (χ2n) is 22.6. The summed E-state index contributed by atoms with van der Waals surface area (Å²) < 4.78 is 29.3. The number of guanidine groups is 2. The van der Waals surface area contributed by atoms with Crippen molar-refractivity contribution < 1.29 is 139 Å². The normalized spacial score (nSPS) is 37.5. The number of nitrogens with one attached hydrogen (secondary N) is 8. The molecule has 6 aliphatic heterocycles. The van der Waals surface area contributed by atoms with E-state index in [1.165, 1.54) is 24.3 Å². The van der Waals surface area contributed by atoms with Crippen molar-refractivity contribution in [2.45, 2.75) is 166 Å². The number of aliphatic imine (C=N–C) groups is 1. The lowest BCUT2D eigenvalue weighted by molar-refractivity contribution is -0.663. The number of aliphatic hydroxyl groups is 15. The van der Waals surface area contributed by atoms with Crippen LogP contribution in [0.4, 0.5) is 0 Å². The average Bonchev–Trinajstić information content (AvgIpc) is 1.85. The first kappa shape index (κ1) is 69.8. The zero-order valence-corrected chi connectivity index (χ0v) is 48.6. The Morgan fingerprint density at radius 1 is 0.659 bits per heavy atom. The molecule has 2 aromatic carbocycles. The maximum Gasteiger partial charge on any atom is 0.358 e. The molecule has 2 aromatic rings. The van der Waals surface area contributed by atoms with Gasteiger partial charge in [-0.25, -0.2) is 9.57 Å². The van der Waals surface area contributed by atoms with Crippen molar-refractivity contribution in [3.63, 3.8) is 0 Å². The van der Waals surface area contributed by atoms with E-state index >= 15 is 9.59 Å². The molecule has 0 aromatic heterocycles. The minimum atomic E-state index is -2.30. The maximum atomic E-state index is 15.1. The van der Waals surface area contributed by atoms with Crippen LogP contribution in [0.5, 0.6) is 5.75 Å². The largest absolute Gasteiger partial charge is 0.858 e. The van der Waals surface area contributed by atoms with Gasteiger partial charge >= 0.3 is 17.8 Å². The van der Waals surface area contributed by atoms with Crippen LogP contribution < -0.4 is 63.2 Å². The maximum absolute atomic E-state index is 15.1. The van der Waals surface area contributed by atoms with Crippen molar-refractivity contribution >= 4 is 47.3 Å². The molecule has 0 bridgehead atoms. The van der Waals surface area contributed by atoms with Gasteiger partial charge in [-0.1, -0.05) is 49.4 Å². The summed E-state index contributed by atoms with van der Waals surface area (Å²) in [5, 5.41) is 191. The Kier molecular flexibility index (Phi) is 23.4. The van der Waals surface area contributed by atoms with E-state index in [-0.39, 0.29) is 29.8 Å². The number of nitrogens with two attached hydrogens (primary N) is 2. The van der Waals surface area contributed by atoms with Gasteiger partial charge in [-0.2, -0.15) is 0 Å². The molecule has 504 valence electrons. The standard InChI is InChI=1S/C54H78N12O25/c1-19(21-5-3-2-4-6-21)31-47(84)60-23(11-20-7-9-22(10-8-20)87-51-43(81)40(78)44(29(18-70)90-51)91-52-42(80)39(77)37(75)28(17-69)89-52)46(83)64-32(34(72)24-12-58-53(55)62-24)49(86)65-33(48(85)61-25(15-67)45(82)57-14-30(71)63-31)35(73)26-13-59-54(56)66(26)50-41(79)38(76)36(74)27(16-68)88-50/h2-10,19,23-29,31-44,50-52,67-70,72-81H,11-18H2,1H3,(H11,55,56,57,58,59,60,61,62,63,64,65,71,82,83,84,85,86)/p+2/t19-,23+,24-,25-,26-,27+,28+,29+,31-,32-,33+,34+,35+,36+,37+,38-,39-,40+,41-,42-,43-,44+,50-,51-,52+/m0/s1. The van der Waals surface area contributed by atoms with E-state index in [2.05, 4.69) is 46.9 Å². The van der Waals surface area contributed by atoms with E-state index in [1.54, 1.807) is 37.3 Å². The molecule has 27 N–H and O–H groups in total. The van der Waals surface area contributed by atoms with Gasteiger partial charge < -0.3 is 127 Å². The number of rotatable bonds is 17. The predicted octanol–water partition coefficient (Wildman–Crippen LogP) is -17.7. The smallest absolute Gasteiger partial charge is 0.358 e. The second-order valence-corrected chi connectivity index (χ2v) is 22.6. The van der Waals surface area contributed by atoms with Crippen molar-refractivity contribution in [1.82, 2.24) is 31.9 Å². The first-order chi connectivity index (χ1) is 43.3. The van der Waals surface area contributed by atoms with E-state index < -0.39 is 234 Å². The fraction of sp³-hybridized carbons (Fsp3) is 0.630. The van der Waals surface area contributed by atoms with Gasteiger partial charge in [-0.05, 0) is 23.3 Å². The molecule has 25 atom stereocenters. The van der Waals surface area contributed by atoms with Crippen LogP contribution in [0.25, 0.3) is 0 Å². The van der Waals surface area contributed by atoms with Gasteiger partial charge in [0.1, 0.15) is 134 Å². The highest BCUT2D eigenvalue weighted by Gasteiger charge is 2.55. The van der Waals surface area contributed by atoms with E-state index in [0.717, 1.165) is 4.58 Å². The van der Waals surface area contributed by atoms with Crippen molar-refractivity contribution in [3.8, 4) is 5.75 Å². The molecular formula is C54H80N12O25+2. The molecule has 6 heterocycles. The molecule has 6 aliphatic rings. The van der Waals surface area contributed by atoms with Crippen LogP contribution in [0.3, 0.4) is 0 Å².